The first kappa shape index (κ1) is 12.1. The van der Waals surface area contributed by atoms with Crippen LogP contribution in [-0.2, 0) is 17.6 Å². The highest BCUT2D eigenvalue weighted by Crippen LogP contribution is 2.38. The van der Waals surface area contributed by atoms with Gasteiger partial charge in [-0.3, -0.25) is 4.79 Å². The van der Waals surface area contributed by atoms with E-state index in [9.17, 15) is 4.79 Å². The van der Waals surface area contributed by atoms with E-state index in [1.165, 1.54) is 25.3 Å². The van der Waals surface area contributed by atoms with Crippen LogP contribution in [0.15, 0.2) is 16.5 Å². The molecule has 1 aromatic heterocycles. The quantitative estimate of drug-likeness (QED) is 0.614. The molecule has 4 heteroatoms. The number of ether oxygens (including phenoxy) is 2. The van der Waals surface area contributed by atoms with Gasteiger partial charge in [0, 0.05) is 30.4 Å². The zero-order chi connectivity index (χ0) is 13.4. The fourth-order valence-electron chi connectivity index (χ4n) is 2.66. The molecule has 0 saturated carbocycles. The molecule has 0 unspecified atom stereocenters. The first-order chi connectivity index (χ1) is 9.19. The molecule has 0 amide bonds. The second-order valence-electron chi connectivity index (χ2n) is 4.80. The molecular weight excluding hydrogens is 244 g/mol. The summed E-state index contributed by atoms with van der Waals surface area (Å²) in [6, 6.07) is 3.65. The summed E-state index contributed by atoms with van der Waals surface area (Å²) in [5.74, 6) is 1.68. The Hall–Kier alpha value is -1.97. The van der Waals surface area contributed by atoms with Gasteiger partial charge in [0.05, 0.1) is 7.11 Å². The topological polar surface area (TPSA) is 48.7 Å². The third-order valence-corrected chi connectivity index (χ3v) is 3.50. The summed E-state index contributed by atoms with van der Waals surface area (Å²) < 4.78 is 16.3. The molecule has 0 aliphatic heterocycles. The molecule has 1 aliphatic carbocycles. The highest BCUT2D eigenvalue weighted by Gasteiger charge is 2.20. The SMILES string of the molecule is COc1cc2oc3c(c2cc1OC(C)=O)CCCC3. The van der Waals surface area contributed by atoms with Gasteiger partial charge in [-0.2, -0.15) is 0 Å². The van der Waals surface area contributed by atoms with Crippen molar-refractivity contribution in [3.63, 3.8) is 0 Å². The van der Waals surface area contributed by atoms with E-state index in [2.05, 4.69) is 0 Å². The maximum atomic E-state index is 11.1. The van der Waals surface area contributed by atoms with E-state index in [1.54, 1.807) is 13.2 Å². The first-order valence-corrected chi connectivity index (χ1v) is 6.49. The minimum Gasteiger partial charge on any atom is -0.493 e. The lowest BCUT2D eigenvalue weighted by Gasteiger charge is -2.10. The van der Waals surface area contributed by atoms with E-state index in [0.29, 0.717) is 11.5 Å². The lowest BCUT2D eigenvalue weighted by molar-refractivity contribution is -0.132. The molecule has 0 N–H and O–H groups in total. The molecule has 1 heterocycles. The van der Waals surface area contributed by atoms with Crippen LogP contribution in [0.1, 0.15) is 31.1 Å². The maximum Gasteiger partial charge on any atom is 0.308 e. The number of benzene rings is 1. The summed E-state index contributed by atoms with van der Waals surface area (Å²) in [4.78, 5) is 11.1. The van der Waals surface area contributed by atoms with Crippen LogP contribution in [-0.4, -0.2) is 13.1 Å². The number of hydrogen-bond acceptors (Lipinski definition) is 4. The van der Waals surface area contributed by atoms with Gasteiger partial charge in [-0.1, -0.05) is 0 Å². The molecule has 0 fully saturated rings. The average molecular weight is 260 g/mol. The van der Waals surface area contributed by atoms with Crippen LogP contribution >= 0.6 is 0 Å². The summed E-state index contributed by atoms with van der Waals surface area (Å²) >= 11 is 0. The Kier molecular flexibility index (Phi) is 2.93. The lowest BCUT2D eigenvalue weighted by Crippen LogP contribution is -2.03. The van der Waals surface area contributed by atoms with Crippen molar-refractivity contribution in [1.82, 2.24) is 0 Å². The van der Waals surface area contributed by atoms with Crippen molar-refractivity contribution >= 4 is 16.9 Å². The summed E-state index contributed by atoms with van der Waals surface area (Å²) in [6.45, 7) is 1.38. The van der Waals surface area contributed by atoms with Crippen LogP contribution < -0.4 is 9.47 Å². The van der Waals surface area contributed by atoms with E-state index in [0.717, 1.165) is 29.6 Å². The number of rotatable bonds is 2. The smallest absolute Gasteiger partial charge is 0.308 e. The summed E-state index contributed by atoms with van der Waals surface area (Å²) in [5.41, 5.74) is 2.05. The Labute approximate surface area is 111 Å². The van der Waals surface area contributed by atoms with Crippen molar-refractivity contribution in [1.29, 1.82) is 0 Å². The fraction of sp³-hybridized carbons (Fsp3) is 0.400. The van der Waals surface area contributed by atoms with E-state index < -0.39 is 0 Å². The third kappa shape index (κ3) is 2.07. The van der Waals surface area contributed by atoms with Crippen molar-refractivity contribution in [3.05, 3.63) is 23.5 Å². The van der Waals surface area contributed by atoms with Crippen LogP contribution in [0.2, 0.25) is 0 Å². The van der Waals surface area contributed by atoms with Gasteiger partial charge in [-0.05, 0) is 25.3 Å². The van der Waals surface area contributed by atoms with Crippen LogP contribution in [0.5, 0.6) is 11.5 Å². The van der Waals surface area contributed by atoms with E-state index in [-0.39, 0.29) is 5.97 Å². The maximum absolute atomic E-state index is 11.1. The second kappa shape index (κ2) is 4.61. The molecule has 19 heavy (non-hydrogen) atoms. The molecule has 4 nitrogen and oxygen atoms in total. The molecule has 100 valence electrons. The van der Waals surface area contributed by atoms with E-state index in [4.69, 9.17) is 13.9 Å². The molecule has 1 aliphatic rings. The van der Waals surface area contributed by atoms with Gasteiger partial charge < -0.3 is 13.9 Å². The van der Waals surface area contributed by atoms with Gasteiger partial charge >= 0.3 is 5.97 Å². The van der Waals surface area contributed by atoms with Crippen molar-refractivity contribution < 1.29 is 18.7 Å². The summed E-state index contributed by atoms with van der Waals surface area (Å²) in [7, 11) is 1.55. The minimum atomic E-state index is -0.352. The van der Waals surface area contributed by atoms with Gasteiger partial charge in [0.1, 0.15) is 11.3 Å². The van der Waals surface area contributed by atoms with Gasteiger partial charge in [-0.15, -0.1) is 0 Å². The van der Waals surface area contributed by atoms with Gasteiger partial charge in [0.2, 0.25) is 0 Å². The monoisotopic (exact) mass is 260 g/mol. The zero-order valence-corrected chi connectivity index (χ0v) is 11.1. The summed E-state index contributed by atoms with van der Waals surface area (Å²) in [5, 5.41) is 1.03. The normalized spacial score (nSPS) is 14.2. The van der Waals surface area contributed by atoms with Crippen LogP contribution in [0, 0.1) is 0 Å². The molecule has 3 rings (SSSR count). The number of carbonyl (C=O) groups is 1. The lowest BCUT2D eigenvalue weighted by atomic mass is 9.96. The van der Waals surface area contributed by atoms with Crippen molar-refractivity contribution in [2.24, 2.45) is 0 Å². The standard InChI is InChI=1S/C15H16O4/c1-9(16)18-15-7-11-10-5-3-4-6-12(10)19-13(11)8-14(15)17-2/h7-8H,3-6H2,1-2H3. The molecule has 2 aromatic rings. The highest BCUT2D eigenvalue weighted by molar-refractivity contribution is 5.87. The van der Waals surface area contributed by atoms with Crippen LogP contribution in [0.25, 0.3) is 11.0 Å². The molecule has 0 radical (unpaired) electrons. The molecular formula is C15H16O4. The largest absolute Gasteiger partial charge is 0.493 e. The number of esters is 1. The van der Waals surface area contributed by atoms with Gasteiger partial charge in [0.15, 0.2) is 11.5 Å². The van der Waals surface area contributed by atoms with Crippen molar-refractivity contribution in [3.8, 4) is 11.5 Å². The first-order valence-electron chi connectivity index (χ1n) is 6.49. The Morgan fingerprint density at radius 1 is 1.21 bits per heavy atom. The molecule has 0 atom stereocenters. The number of aryl methyl sites for hydroxylation is 2. The van der Waals surface area contributed by atoms with E-state index >= 15 is 0 Å². The van der Waals surface area contributed by atoms with Gasteiger partial charge in [0.25, 0.3) is 0 Å². The van der Waals surface area contributed by atoms with Gasteiger partial charge in [-0.25, -0.2) is 0 Å². The highest BCUT2D eigenvalue weighted by atomic mass is 16.6. The summed E-state index contributed by atoms with van der Waals surface area (Å²) in [6.07, 6.45) is 4.35. The minimum absolute atomic E-state index is 0.352. The molecule has 0 bridgehead atoms. The van der Waals surface area contributed by atoms with Crippen LogP contribution in [0.3, 0.4) is 0 Å². The predicted octanol–water partition coefficient (Wildman–Crippen LogP) is 3.25. The third-order valence-electron chi connectivity index (χ3n) is 3.50. The predicted molar refractivity (Wildman–Crippen MR) is 70.7 cm³/mol. The number of furan rings is 1. The average Bonchev–Trinajstić information content (AvgIpc) is 2.75. The Morgan fingerprint density at radius 3 is 2.74 bits per heavy atom. The van der Waals surface area contributed by atoms with Crippen molar-refractivity contribution in [2.45, 2.75) is 32.6 Å². The zero-order valence-electron chi connectivity index (χ0n) is 11.1. The second-order valence-corrected chi connectivity index (χ2v) is 4.80. The fourth-order valence-corrected chi connectivity index (χ4v) is 2.66. The Morgan fingerprint density at radius 2 is 2.00 bits per heavy atom. The Balaban J connectivity index is 2.17. The molecule has 0 saturated heterocycles. The van der Waals surface area contributed by atoms with Crippen molar-refractivity contribution in [2.75, 3.05) is 7.11 Å². The van der Waals surface area contributed by atoms with E-state index in [1.807, 2.05) is 6.07 Å². The van der Waals surface area contributed by atoms with Crippen LogP contribution in [0.4, 0.5) is 0 Å². The number of hydrogen-bond donors (Lipinski definition) is 0. The number of methoxy groups -OCH3 is 1. The number of fused-ring (bicyclic) bond motifs is 3. The molecule has 1 aromatic carbocycles. The molecule has 0 spiro atoms. The Bertz CT molecular complexity index is 639. The number of carbonyl (C=O) groups excluding carboxylic acids is 1.